The summed E-state index contributed by atoms with van der Waals surface area (Å²) in [5.74, 6) is 0.936. The molecule has 0 aliphatic carbocycles. The van der Waals surface area contributed by atoms with Crippen molar-refractivity contribution in [1.82, 2.24) is 4.98 Å². The van der Waals surface area contributed by atoms with Gasteiger partial charge in [-0.15, -0.1) is 0 Å². The lowest BCUT2D eigenvalue weighted by molar-refractivity contribution is 0.102. The Morgan fingerprint density at radius 1 is 1.23 bits per heavy atom. The monoisotopic (exact) mass is 298 g/mol. The Bertz CT molecular complexity index is 762. The van der Waals surface area contributed by atoms with E-state index >= 15 is 0 Å². The van der Waals surface area contributed by atoms with E-state index in [0.29, 0.717) is 23.8 Å². The number of rotatable bonds is 5. The van der Waals surface area contributed by atoms with Crippen LogP contribution in [0.1, 0.15) is 17.4 Å². The van der Waals surface area contributed by atoms with E-state index in [2.05, 4.69) is 10.3 Å². The summed E-state index contributed by atoms with van der Waals surface area (Å²) in [7, 11) is 0. The predicted molar refractivity (Wildman–Crippen MR) is 79.8 cm³/mol. The molecule has 3 rings (SSSR count). The first-order valence-electron chi connectivity index (χ1n) is 6.80. The van der Waals surface area contributed by atoms with Crippen LogP contribution in [0.5, 0.6) is 5.75 Å². The normalized spacial score (nSPS) is 10.4. The summed E-state index contributed by atoms with van der Waals surface area (Å²) >= 11 is 0. The zero-order valence-corrected chi connectivity index (χ0v) is 11.9. The molecule has 2 aromatic heterocycles. The van der Waals surface area contributed by atoms with Crippen LogP contribution in [0.3, 0.4) is 0 Å². The Balaban J connectivity index is 1.86. The molecule has 1 amide bonds. The molecule has 2 heterocycles. The molecule has 0 spiro atoms. The maximum Gasteiger partial charge on any atom is 0.278 e. The number of para-hydroxylation sites is 2. The largest absolute Gasteiger partial charge is 0.492 e. The van der Waals surface area contributed by atoms with Gasteiger partial charge in [-0.3, -0.25) is 4.79 Å². The molecule has 0 bridgehead atoms. The van der Waals surface area contributed by atoms with Crippen molar-refractivity contribution in [2.45, 2.75) is 6.92 Å². The van der Waals surface area contributed by atoms with Crippen LogP contribution in [-0.2, 0) is 0 Å². The molecule has 0 aliphatic rings. The lowest BCUT2D eigenvalue weighted by Crippen LogP contribution is -2.14. The van der Waals surface area contributed by atoms with Crippen molar-refractivity contribution >= 4 is 11.6 Å². The van der Waals surface area contributed by atoms with Gasteiger partial charge in [0.05, 0.1) is 18.6 Å². The fourth-order valence-electron chi connectivity index (χ4n) is 2.02. The third kappa shape index (κ3) is 2.71. The van der Waals surface area contributed by atoms with E-state index in [0.717, 1.165) is 0 Å². The van der Waals surface area contributed by atoms with Crippen LogP contribution in [0.15, 0.2) is 57.9 Å². The van der Waals surface area contributed by atoms with Crippen LogP contribution in [0.2, 0.25) is 0 Å². The molecule has 112 valence electrons. The first-order valence-corrected chi connectivity index (χ1v) is 6.80. The zero-order valence-electron chi connectivity index (χ0n) is 11.9. The minimum absolute atomic E-state index is 0.154. The van der Waals surface area contributed by atoms with Crippen molar-refractivity contribution in [3.05, 3.63) is 54.7 Å². The smallest absolute Gasteiger partial charge is 0.278 e. The molecular formula is C16H14N2O4. The Hall–Kier alpha value is -3.02. The Kier molecular flexibility index (Phi) is 3.91. The van der Waals surface area contributed by atoms with E-state index in [9.17, 15) is 4.79 Å². The average molecular weight is 298 g/mol. The average Bonchev–Trinajstić information content (AvgIpc) is 3.20. The number of oxazole rings is 1. The zero-order chi connectivity index (χ0) is 15.4. The summed E-state index contributed by atoms with van der Waals surface area (Å²) in [6.07, 6.45) is 2.71. The van der Waals surface area contributed by atoms with Crippen LogP contribution >= 0.6 is 0 Å². The summed E-state index contributed by atoms with van der Waals surface area (Å²) in [5, 5.41) is 2.77. The number of anilines is 1. The number of benzene rings is 1. The second-order valence-electron chi connectivity index (χ2n) is 4.39. The third-order valence-corrected chi connectivity index (χ3v) is 2.96. The van der Waals surface area contributed by atoms with Gasteiger partial charge >= 0.3 is 0 Å². The fraction of sp³-hybridized carbons (Fsp3) is 0.125. The number of carbonyl (C=O) groups excluding carboxylic acids is 1. The molecule has 0 saturated carbocycles. The lowest BCUT2D eigenvalue weighted by atomic mass is 10.2. The minimum atomic E-state index is -0.396. The number of carbonyl (C=O) groups is 1. The number of furan rings is 1. The van der Waals surface area contributed by atoms with Crippen molar-refractivity contribution in [1.29, 1.82) is 0 Å². The Labute approximate surface area is 126 Å². The van der Waals surface area contributed by atoms with Gasteiger partial charge in [0.15, 0.2) is 17.8 Å². The van der Waals surface area contributed by atoms with Gasteiger partial charge in [-0.25, -0.2) is 4.98 Å². The molecule has 1 aromatic carbocycles. The summed E-state index contributed by atoms with van der Waals surface area (Å²) in [6, 6.07) is 10.6. The maximum atomic E-state index is 12.4. The topological polar surface area (TPSA) is 77.5 Å². The van der Waals surface area contributed by atoms with Crippen molar-refractivity contribution < 1.29 is 18.4 Å². The predicted octanol–water partition coefficient (Wildman–Crippen LogP) is 3.59. The minimum Gasteiger partial charge on any atom is -0.492 e. The van der Waals surface area contributed by atoms with Crippen LogP contribution in [-0.4, -0.2) is 17.5 Å². The molecule has 1 N–H and O–H groups in total. The summed E-state index contributed by atoms with van der Waals surface area (Å²) in [4.78, 5) is 16.4. The molecule has 0 saturated heterocycles. The van der Waals surface area contributed by atoms with Crippen LogP contribution < -0.4 is 10.1 Å². The SMILES string of the molecule is CCOc1ccccc1NC(=O)c1ncoc1-c1ccco1. The molecule has 3 aromatic rings. The lowest BCUT2D eigenvalue weighted by Gasteiger charge is -2.10. The Morgan fingerprint density at radius 2 is 2.09 bits per heavy atom. The molecule has 0 unspecified atom stereocenters. The molecule has 6 heteroatoms. The second kappa shape index (κ2) is 6.17. The molecule has 0 atom stereocenters. The third-order valence-electron chi connectivity index (χ3n) is 2.96. The second-order valence-corrected chi connectivity index (χ2v) is 4.39. The van der Waals surface area contributed by atoms with Crippen molar-refractivity contribution in [3.63, 3.8) is 0 Å². The van der Waals surface area contributed by atoms with Crippen LogP contribution in [0.4, 0.5) is 5.69 Å². The van der Waals surface area contributed by atoms with Gasteiger partial charge in [-0.05, 0) is 31.2 Å². The molecule has 0 aliphatic heterocycles. The summed E-state index contributed by atoms with van der Waals surface area (Å²) in [6.45, 7) is 2.39. The van der Waals surface area contributed by atoms with Gasteiger partial charge in [0, 0.05) is 0 Å². The highest BCUT2D eigenvalue weighted by atomic mass is 16.5. The quantitative estimate of drug-likeness (QED) is 0.779. The highest BCUT2D eigenvalue weighted by Gasteiger charge is 2.21. The number of nitrogens with one attached hydrogen (secondary N) is 1. The van der Waals surface area contributed by atoms with Gasteiger partial charge in [0.25, 0.3) is 5.91 Å². The van der Waals surface area contributed by atoms with E-state index in [1.165, 1.54) is 12.7 Å². The molecule has 0 fully saturated rings. The standard InChI is InChI=1S/C16H14N2O4/c1-2-20-12-7-4-3-6-11(12)18-16(19)14-15(22-10-17-14)13-8-5-9-21-13/h3-10H,2H2,1H3,(H,18,19). The van der Waals surface area contributed by atoms with E-state index in [-0.39, 0.29) is 11.5 Å². The molecule has 22 heavy (non-hydrogen) atoms. The first-order chi connectivity index (χ1) is 10.8. The van der Waals surface area contributed by atoms with Crippen LogP contribution in [0, 0.1) is 0 Å². The van der Waals surface area contributed by atoms with Gasteiger partial charge in [0.1, 0.15) is 5.75 Å². The van der Waals surface area contributed by atoms with Gasteiger partial charge in [-0.1, -0.05) is 12.1 Å². The fourth-order valence-corrected chi connectivity index (χ4v) is 2.02. The summed E-state index contributed by atoms with van der Waals surface area (Å²) < 4.78 is 16.0. The van der Waals surface area contributed by atoms with E-state index in [1.807, 2.05) is 19.1 Å². The molecular weight excluding hydrogens is 284 g/mol. The highest BCUT2D eigenvalue weighted by molar-refractivity contribution is 6.06. The number of aromatic nitrogens is 1. The van der Waals surface area contributed by atoms with E-state index in [1.54, 1.807) is 24.3 Å². The van der Waals surface area contributed by atoms with Crippen molar-refractivity contribution in [3.8, 4) is 17.3 Å². The number of hydrogen-bond donors (Lipinski definition) is 1. The first kappa shape index (κ1) is 13.9. The van der Waals surface area contributed by atoms with E-state index in [4.69, 9.17) is 13.6 Å². The number of nitrogens with zero attached hydrogens (tertiary/aromatic N) is 1. The van der Waals surface area contributed by atoms with Gasteiger partial charge in [-0.2, -0.15) is 0 Å². The number of amides is 1. The van der Waals surface area contributed by atoms with Crippen molar-refractivity contribution in [2.75, 3.05) is 11.9 Å². The maximum absolute atomic E-state index is 12.4. The number of ether oxygens (including phenoxy) is 1. The Morgan fingerprint density at radius 3 is 2.86 bits per heavy atom. The van der Waals surface area contributed by atoms with E-state index < -0.39 is 5.91 Å². The number of hydrogen-bond acceptors (Lipinski definition) is 5. The molecule has 0 radical (unpaired) electrons. The molecule has 6 nitrogen and oxygen atoms in total. The van der Waals surface area contributed by atoms with Gasteiger partial charge < -0.3 is 18.9 Å². The summed E-state index contributed by atoms with van der Waals surface area (Å²) in [5.41, 5.74) is 0.726. The van der Waals surface area contributed by atoms with Gasteiger partial charge in [0.2, 0.25) is 5.76 Å². The van der Waals surface area contributed by atoms with Crippen molar-refractivity contribution in [2.24, 2.45) is 0 Å². The highest BCUT2D eigenvalue weighted by Crippen LogP contribution is 2.27. The van der Waals surface area contributed by atoms with Crippen LogP contribution in [0.25, 0.3) is 11.5 Å².